The second-order valence-electron chi connectivity index (χ2n) is 6.10. The summed E-state index contributed by atoms with van der Waals surface area (Å²) in [5.74, 6) is 0. The molecule has 19 heavy (non-hydrogen) atoms. The molecule has 1 fully saturated rings. The molecule has 2 atom stereocenters. The van der Waals surface area contributed by atoms with Gasteiger partial charge < -0.3 is 9.80 Å². The Bertz CT molecular complexity index is 299. The van der Waals surface area contributed by atoms with Crippen LogP contribution in [0, 0.1) is 11.3 Å². The van der Waals surface area contributed by atoms with Gasteiger partial charge in [0, 0.05) is 25.7 Å². The monoisotopic (exact) mass is 266 g/mol. The largest absolute Gasteiger partial charge is 0.301 e. The minimum Gasteiger partial charge on any atom is -0.301 e. The summed E-state index contributed by atoms with van der Waals surface area (Å²) in [4.78, 5) is 4.95. The number of nitrogens with zero attached hydrogens (tertiary/aromatic N) is 3. The number of rotatable bonds is 7. The van der Waals surface area contributed by atoms with Crippen molar-refractivity contribution in [2.24, 2.45) is 0 Å². The van der Waals surface area contributed by atoms with E-state index in [1.807, 2.05) is 6.92 Å². The van der Waals surface area contributed by atoms with Gasteiger partial charge in [-0.2, -0.15) is 5.26 Å². The highest BCUT2D eigenvalue weighted by molar-refractivity contribution is 5.03. The number of nitrogens with one attached hydrogen (secondary N) is 1. The lowest BCUT2D eigenvalue weighted by Crippen LogP contribution is -2.50. The Morgan fingerprint density at radius 3 is 2.74 bits per heavy atom. The van der Waals surface area contributed by atoms with Gasteiger partial charge in [-0.05, 0) is 53.2 Å². The maximum absolute atomic E-state index is 9.29. The molecule has 1 rings (SSSR count). The zero-order chi connectivity index (χ0) is 14.3. The molecule has 0 amide bonds. The molecule has 0 aromatic carbocycles. The summed E-state index contributed by atoms with van der Waals surface area (Å²) in [6.45, 7) is 12.0. The van der Waals surface area contributed by atoms with Crippen molar-refractivity contribution < 1.29 is 0 Å². The predicted octanol–water partition coefficient (Wildman–Crippen LogP) is 1.68. The van der Waals surface area contributed by atoms with Gasteiger partial charge in [0.1, 0.15) is 5.54 Å². The van der Waals surface area contributed by atoms with Crippen LogP contribution in [0.4, 0.5) is 0 Å². The molecule has 0 aliphatic carbocycles. The SMILES string of the molecule is CCCNC(C)(C#N)CCCN1CCN(C)C(C)C1. The van der Waals surface area contributed by atoms with Crippen LogP contribution in [0.3, 0.4) is 0 Å². The topological polar surface area (TPSA) is 42.3 Å². The third kappa shape index (κ3) is 5.48. The third-order valence-electron chi connectivity index (χ3n) is 4.21. The third-order valence-corrected chi connectivity index (χ3v) is 4.21. The summed E-state index contributed by atoms with van der Waals surface area (Å²) in [6.07, 6.45) is 3.11. The molecule has 0 bridgehead atoms. The van der Waals surface area contributed by atoms with Crippen molar-refractivity contribution in [3.63, 3.8) is 0 Å². The molecule has 110 valence electrons. The average Bonchev–Trinajstić information content (AvgIpc) is 2.40. The van der Waals surface area contributed by atoms with E-state index >= 15 is 0 Å². The van der Waals surface area contributed by atoms with Crippen molar-refractivity contribution in [2.45, 2.75) is 51.6 Å². The zero-order valence-corrected chi connectivity index (χ0v) is 13.1. The fourth-order valence-corrected chi connectivity index (χ4v) is 2.57. The first-order chi connectivity index (χ1) is 9.00. The van der Waals surface area contributed by atoms with Gasteiger partial charge in [-0.15, -0.1) is 0 Å². The molecule has 4 nitrogen and oxygen atoms in total. The van der Waals surface area contributed by atoms with E-state index in [2.05, 4.69) is 42.1 Å². The first-order valence-corrected chi connectivity index (χ1v) is 7.59. The maximum atomic E-state index is 9.29. The first kappa shape index (κ1) is 16.4. The van der Waals surface area contributed by atoms with Gasteiger partial charge in [-0.1, -0.05) is 6.92 Å². The van der Waals surface area contributed by atoms with E-state index in [-0.39, 0.29) is 5.54 Å². The molecule has 2 unspecified atom stereocenters. The molecule has 0 saturated carbocycles. The fourth-order valence-electron chi connectivity index (χ4n) is 2.57. The Balaban J connectivity index is 2.27. The fraction of sp³-hybridized carbons (Fsp3) is 0.933. The maximum Gasteiger partial charge on any atom is 0.103 e. The molecule has 1 aliphatic rings. The normalized spacial score (nSPS) is 24.9. The van der Waals surface area contributed by atoms with Crippen LogP contribution in [-0.4, -0.2) is 61.2 Å². The van der Waals surface area contributed by atoms with Crippen LogP contribution in [0.25, 0.3) is 0 Å². The summed E-state index contributed by atoms with van der Waals surface area (Å²) in [5, 5.41) is 12.7. The molecule has 0 aromatic heterocycles. The molecular weight excluding hydrogens is 236 g/mol. The quantitative estimate of drug-likeness (QED) is 0.761. The molecular formula is C15H30N4. The van der Waals surface area contributed by atoms with E-state index in [0.717, 1.165) is 52.0 Å². The zero-order valence-electron chi connectivity index (χ0n) is 13.1. The number of piperazine rings is 1. The van der Waals surface area contributed by atoms with Crippen LogP contribution >= 0.6 is 0 Å². The lowest BCUT2D eigenvalue weighted by molar-refractivity contribution is 0.102. The molecule has 0 aromatic rings. The van der Waals surface area contributed by atoms with Crippen molar-refractivity contribution in [1.82, 2.24) is 15.1 Å². The van der Waals surface area contributed by atoms with Crippen LogP contribution in [-0.2, 0) is 0 Å². The van der Waals surface area contributed by atoms with Crippen molar-refractivity contribution in [3.8, 4) is 6.07 Å². The van der Waals surface area contributed by atoms with Gasteiger partial charge in [0.15, 0.2) is 0 Å². The predicted molar refractivity (Wildman–Crippen MR) is 80.1 cm³/mol. The molecule has 1 N–H and O–H groups in total. The van der Waals surface area contributed by atoms with Gasteiger partial charge in [-0.25, -0.2) is 0 Å². The van der Waals surface area contributed by atoms with Crippen LogP contribution in [0.15, 0.2) is 0 Å². The summed E-state index contributed by atoms with van der Waals surface area (Å²) in [7, 11) is 2.20. The second kappa shape index (κ2) is 7.84. The Labute approximate surface area is 118 Å². The molecule has 1 aliphatic heterocycles. The van der Waals surface area contributed by atoms with Crippen LogP contribution in [0.2, 0.25) is 0 Å². The van der Waals surface area contributed by atoms with Gasteiger partial charge in [0.25, 0.3) is 0 Å². The van der Waals surface area contributed by atoms with Crippen LogP contribution in [0.5, 0.6) is 0 Å². The highest BCUT2D eigenvalue weighted by Crippen LogP contribution is 2.14. The standard InChI is InChI=1S/C15H30N4/c1-5-8-17-15(3,13-16)7-6-9-19-11-10-18(4)14(2)12-19/h14,17H,5-12H2,1-4H3. The first-order valence-electron chi connectivity index (χ1n) is 7.59. The number of likely N-dealkylation sites (N-methyl/N-ethyl adjacent to an activating group) is 1. The second-order valence-corrected chi connectivity index (χ2v) is 6.10. The van der Waals surface area contributed by atoms with E-state index in [4.69, 9.17) is 0 Å². The smallest absolute Gasteiger partial charge is 0.103 e. The van der Waals surface area contributed by atoms with E-state index in [1.165, 1.54) is 0 Å². The summed E-state index contributed by atoms with van der Waals surface area (Å²) in [5.41, 5.74) is -0.353. The molecule has 1 saturated heterocycles. The molecule has 4 heteroatoms. The number of hydrogen-bond donors (Lipinski definition) is 1. The van der Waals surface area contributed by atoms with Gasteiger partial charge >= 0.3 is 0 Å². The summed E-state index contributed by atoms with van der Waals surface area (Å²) in [6, 6.07) is 3.08. The Hall–Kier alpha value is -0.630. The van der Waals surface area contributed by atoms with Crippen LogP contribution < -0.4 is 5.32 Å². The van der Waals surface area contributed by atoms with E-state index in [9.17, 15) is 5.26 Å². The Morgan fingerprint density at radius 1 is 1.42 bits per heavy atom. The van der Waals surface area contributed by atoms with E-state index < -0.39 is 0 Å². The molecule has 0 radical (unpaired) electrons. The highest BCUT2D eigenvalue weighted by Gasteiger charge is 2.24. The number of hydrogen-bond acceptors (Lipinski definition) is 4. The summed E-state index contributed by atoms with van der Waals surface area (Å²) >= 11 is 0. The average molecular weight is 266 g/mol. The lowest BCUT2D eigenvalue weighted by Gasteiger charge is -2.38. The van der Waals surface area contributed by atoms with Crippen molar-refractivity contribution in [3.05, 3.63) is 0 Å². The highest BCUT2D eigenvalue weighted by atomic mass is 15.3. The van der Waals surface area contributed by atoms with Crippen molar-refractivity contribution in [2.75, 3.05) is 39.8 Å². The minimum absolute atomic E-state index is 0.353. The molecule has 1 heterocycles. The minimum atomic E-state index is -0.353. The van der Waals surface area contributed by atoms with E-state index in [0.29, 0.717) is 6.04 Å². The summed E-state index contributed by atoms with van der Waals surface area (Å²) < 4.78 is 0. The van der Waals surface area contributed by atoms with Gasteiger partial charge in [0.2, 0.25) is 0 Å². The van der Waals surface area contributed by atoms with Crippen molar-refractivity contribution >= 4 is 0 Å². The van der Waals surface area contributed by atoms with E-state index in [1.54, 1.807) is 0 Å². The van der Waals surface area contributed by atoms with Crippen molar-refractivity contribution in [1.29, 1.82) is 5.26 Å². The van der Waals surface area contributed by atoms with Gasteiger partial charge in [-0.3, -0.25) is 5.32 Å². The lowest BCUT2D eigenvalue weighted by atomic mass is 9.97. The number of nitriles is 1. The van der Waals surface area contributed by atoms with Gasteiger partial charge in [0.05, 0.1) is 6.07 Å². The van der Waals surface area contributed by atoms with Crippen LogP contribution in [0.1, 0.15) is 40.0 Å². The molecule has 0 spiro atoms. The Kier molecular flexibility index (Phi) is 6.78. The Morgan fingerprint density at radius 2 is 2.16 bits per heavy atom.